The molecule has 8 heteroatoms. The third-order valence-electron chi connectivity index (χ3n) is 6.92. The van der Waals surface area contributed by atoms with Gasteiger partial charge < -0.3 is 29.2 Å². The highest BCUT2D eigenvalue weighted by molar-refractivity contribution is 6.46. The average molecular weight is 513 g/mol. The zero-order valence-electron chi connectivity index (χ0n) is 21.4. The molecule has 2 heterocycles. The number of H-pyrrole nitrogens is 1. The van der Waals surface area contributed by atoms with Gasteiger partial charge in [-0.25, -0.2) is 0 Å². The van der Waals surface area contributed by atoms with Crippen molar-refractivity contribution in [3.05, 3.63) is 95.2 Å². The standard InChI is InChI=1S/C30H28N2O6/c1-36-20-9-11-24-22(15-20)19(17-31-24)13-14-32-27(23-16-21(37-2)10-12-25(23)38-3)26(29(34)30(32)35)28(33)18-7-5-4-6-8-18/h4-12,15-17,27,31,33H,13-14H2,1-3H3/b28-26-. The van der Waals surface area contributed by atoms with Crippen molar-refractivity contribution in [1.82, 2.24) is 9.88 Å². The SMILES string of the molecule is COc1ccc(OC)c(C2/C(=C(/O)c3ccccc3)C(=O)C(=O)N2CCc2c[nH]c3ccc(OC)cc23)c1. The van der Waals surface area contributed by atoms with Crippen molar-refractivity contribution in [3.63, 3.8) is 0 Å². The predicted octanol–water partition coefficient (Wildman–Crippen LogP) is 4.86. The van der Waals surface area contributed by atoms with Crippen LogP contribution in [0.25, 0.3) is 16.7 Å². The summed E-state index contributed by atoms with van der Waals surface area (Å²) >= 11 is 0. The zero-order chi connectivity index (χ0) is 26.8. The fourth-order valence-electron chi connectivity index (χ4n) is 4.97. The number of amides is 1. The summed E-state index contributed by atoms with van der Waals surface area (Å²) < 4.78 is 16.4. The first-order valence-electron chi connectivity index (χ1n) is 12.2. The molecule has 1 aromatic heterocycles. The number of aromatic amines is 1. The van der Waals surface area contributed by atoms with Crippen LogP contribution in [0.15, 0.2) is 78.5 Å². The number of rotatable bonds is 8. The maximum absolute atomic E-state index is 13.4. The number of nitrogens with one attached hydrogen (secondary N) is 1. The number of carbonyl (C=O) groups is 2. The van der Waals surface area contributed by atoms with Gasteiger partial charge in [-0.15, -0.1) is 0 Å². The highest BCUT2D eigenvalue weighted by Crippen LogP contribution is 2.44. The largest absolute Gasteiger partial charge is 0.507 e. The first-order chi connectivity index (χ1) is 18.5. The highest BCUT2D eigenvalue weighted by Gasteiger charge is 2.47. The summed E-state index contributed by atoms with van der Waals surface area (Å²) in [5.41, 5.74) is 2.91. The Morgan fingerprint density at radius 2 is 1.63 bits per heavy atom. The van der Waals surface area contributed by atoms with E-state index in [4.69, 9.17) is 14.2 Å². The second kappa shape index (κ2) is 10.3. The van der Waals surface area contributed by atoms with E-state index >= 15 is 0 Å². The van der Waals surface area contributed by atoms with Crippen LogP contribution >= 0.6 is 0 Å². The molecule has 2 N–H and O–H groups in total. The summed E-state index contributed by atoms with van der Waals surface area (Å²) in [5, 5.41) is 12.3. The molecular weight excluding hydrogens is 484 g/mol. The van der Waals surface area contributed by atoms with Crippen LogP contribution < -0.4 is 14.2 Å². The monoisotopic (exact) mass is 512 g/mol. The number of likely N-dealkylation sites (tertiary alicyclic amines) is 1. The molecule has 3 aromatic carbocycles. The number of Topliss-reactive ketones (excluding diaryl/α,β-unsaturated/α-hetero) is 1. The summed E-state index contributed by atoms with van der Waals surface area (Å²) in [4.78, 5) is 31.6. The van der Waals surface area contributed by atoms with E-state index in [9.17, 15) is 14.7 Å². The molecule has 1 aliphatic heterocycles. The van der Waals surface area contributed by atoms with Crippen LogP contribution in [-0.4, -0.2) is 54.6 Å². The van der Waals surface area contributed by atoms with Crippen molar-refractivity contribution in [2.75, 3.05) is 27.9 Å². The number of hydrogen-bond donors (Lipinski definition) is 2. The molecule has 4 aromatic rings. The maximum atomic E-state index is 13.4. The number of carbonyl (C=O) groups excluding carboxylic acids is 2. The van der Waals surface area contributed by atoms with E-state index in [-0.39, 0.29) is 17.9 Å². The number of nitrogens with zero attached hydrogens (tertiary/aromatic N) is 1. The Morgan fingerprint density at radius 1 is 0.921 bits per heavy atom. The molecule has 1 amide bonds. The lowest BCUT2D eigenvalue weighted by Crippen LogP contribution is -2.31. The summed E-state index contributed by atoms with van der Waals surface area (Å²) in [6.45, 7) is 0.228. The summed E-state index contributed by atoms with van der Waals surface area (Å²) in [6.07, 6.45) is 2.36. The van der Waals surface area contributed by atoms with E-state index in [0.717, 1.165) is 22.2 Å². The minimum atomic E-state index is -0.875. The Kier molecular flexibility index (Phi) is 6.79. The van der Waals surface area contributed by atoms with Crippen LogP contribution in [0.2, 0.25) is 0 Å². The minimum Gasteiger partial charge on any atom is -0.507 e. The topological polar surface area (TPSA) is 101 Å². The van der Waals surface area contributed by atoms with Crippen molar-refractivity contribution < 1.29 is 28.9 Å². The van der Waals surface area contributed by atoms with E-state index in [2.05, 4.69) is 4.98 Å². The lowest BCUT2D eigenvalue weighted by atomic mass is 9.94. The summed E-state index contributed by atoms with van der Waals surface area (Å²) in [7, 11) is 4.67. The molecule has 0 radical (unpaired) electrons. The van der Waals surface area contributed by atoms with Crippen LogP contribution in [-0.2, 0) is 16.0 Å². The minimum absolute atomic E-state index is 0.00773. The molecule has 1 unspecified atom stereocenters. The highest BCUT2D eigenvalue weighted by atomic mass is 16.5. The van der Waals surface area contributed by atoms with Crippen molar-refractivity contribution in [1.29, 1.82) is 0 Å². The third-order valence-corrected chi connectivity index (χ3v) is 6.92. The molecule has 194 valence electrons. The van der Waals surface area contributed by atoms with Crippen LogP contribution in [0.3, 0.4) is 0 Å². The molecule has 1 atom stereocenters. The van der Waals surface area contributed by atoms with Crippen LogP contribution in [0, 0.1) is 0 Å². The average Bonchev–Trinajstić information content (AvgIpc) is 3.48. The van der Waals surface area contributed by atoms with Crippen molar-refractivity contribution in [2.24, 2.45) is 0 Å². The number of methoxy groups -OCH3 is 3. The smallest absolute Gasteiger partial charge is 0.295 e. The van der Waals surface area contributed by atoms with Crippen LogP contribution in [0.5, 0.6) is 17.2 Å². The Morgan fingerprint density at radius 3 is 2.34 bits per heavy atom. The Labute approximate surface area is 220 Å². The molecule has 0 saturated carbocycles. The van der Waals surface area contributed by atoms with Crippen LogP contribution in [0.4, 0.5) is 0 Å². The van der Waals surface area contributed by atoms with Gasteiger partial charge in [-0.3, -0.25) is 9.59 Å². The number of fused-ring (bicyclic) bond motifs is 1. The molecule has 0 spiro atoms. The Bertz CT molecular complexity index is 1540. The van der Waals surface area contributed by atoms with Crippen molar-refractivity contribution in [2.45, 2.75) is 12.5 Å². The first-order valence-corrected chi connectivity index (χ1v) is 12.2. The van der Waals surface area contributed by atoms with E-state index in [1.165, 1.54) is 19.1 Å². The van der Waals surface area contributed by atoms with E-state index in [1.807, 2.05) is 30.5 Å². The normalized spacial score (nSPS) is 16.7. The van der Waals surface area contributed by atoms with Gasteiger partial charge in [0.15, 0.2) is 0 Å². The molecular formula is C30H28N2O6. The lowest BCUT2D eigenvalue weighted by Gasteiger charge is -2.27. The number of hydrogen-bond acceptors (Lipinski definition) is 6. The van der Waals surface area contributed by atoms with E-state index in [1.54, 1.807) is 49.6 Å². The maximum Gasteiger partial charge on any atom is 0.295 e. The van der Waals surface area contributed by atoms with Gasteiger partial charge in [0, 0.05) is 34.8 Å². The lowest BCUT2D eigenvalue weighted by molar-refractivity contribution is -0.139. The molecule has 1 fully saturated rings. The first kappa shape index (κ1) is 25.0. The second-order valence-corrected chi connectivity index (χ2v) is 8.94. The molecule has 1 aliphatic rings. The van der Waals surface area contributed by atoms with Gasteiger partial charge >= 0.3 is 0 Å². The Balaban J connectivity index is 1.61. The summed E-state index contributed by atoms with van der Waals surface area (Å²) in [5.74, 6) is 0.0610. The molecule has 38 heavy (non-hydrogen) atoms. The molecule has 1 saturated heterocycles. The molecule has 0 bridgehead atoms. The van der Waals surface area contributed by atoms with Gasteiger partial charge in [0.1, 0.15) is 23.0 Å². The Hall–Kier alpha value is -4.72. The fraction of sp³-hybridized carbons (Fsp3) is 0.200. The van der Waals surface area contributed by atoms with Gasteiger partial charge in [-0.1, -0.05) is 30.3 Å². The van der Waals surface area contributed by atoms with Gasteiger partial charge in [-0.2, -0.15) is 0 Å². The predicted molar refractivity (Wildman–Crippen MR) is 144 cm³/mol. The number of ketones is 1. The molecule has 0 aliphatic carbocycles. The number of benzene rings is 3. The number of aliphatic hydroxyl groups is 1. The molecule has 5 rings (SSSR count). The second-order valence-electron chi connectivity index (χ2n) is 8.94. The fourth-order valence-corrected chi connectivity index (χ4v) is 4.97. The van der Waals surface area contributed by atoms with Gasteiger partial charge in [0.2, 0.25) is 0 Å². The summed E-state index contributed by atoms with van der Waals surface area (Å²) in [6, 6.07) is 18.8. The van der Waals surface area contributed by atoms with Crippen molar-refractivity contribution in [3.8, 4) is 17.2 Å². The molecule has 8 nitrogen and oxygen atoms in total. The number of aromatic nitrogens is 1. The third kappa shape index (κ3) is 4.34. The quantitative estimate of drug-likeness (QED) is 0.199. The zero-order valence-corrected chi connectivity index (χ0v) is 21.4. The van der Waals surface area contributed by atoms with E-state index < -0.39 is 17.7 Å². The van der Waals surface area contributed by atoms with Crippen molar-refractivity contribution >= 4 is 28.4 Å². The van der Waals surface area contributed by atoms with Gasteiger partial charge in [0.25, 0.3) is 11.7 Å². The van der Waals surface area contributed by atoms with Gasteiger partial charge in [0.05, 0.1) is 32.9 Å². The van der Waals surface area contributed by atoms with E-state index in [0.29, 0.717) is 29.0 Å². The van der Waals surface area contributed by atoms with Crippen LogP contribution in [0.1, 0.15) is 22.7 Å². The number of ether oxygens (including phenoxy) is 3. The van der Waals surface area contributed by atoms with Gasteiger partial charge in [-0.05, 0) is 48.4 Å². The number of aliphatic hydroxyl groups excluding tert-OH is 1.